The van der Waals surface area contributed by atoms with Crippen LogP contribution in [0.4, 0.5) is 10.7 Å². The van der Waals surface area contributed by atoms with Crippen molar-refractivity contribution in [1.29, 1.82) is 0 Å². The first-order valence-corrected chi connectivity index (χ1v) is 16.0. The van der Waals surface area contributed by atoms with Gasteiger partial charge in [-0.05, 0) is 47.7 Å². The highest BCUT2D eigenvalue weighted by molar-refractivity contribution is 8.00. The SMILES string of the molecule is CCC(Sc1cccc(NC(=O)Cc2ccccc2)c1)C(=O)Nc1sc2c(c1C(=O)OC)CCN(Cc1ccccc1)C2. The number of anilines is 2. The van der Waals surface area contributed by atoms with Gasteiger partial charge in [0, 0.05) is 35.1 Å². The fraction of sp³-hybridized carbons (Fsp3) is 0.265. The van der Waals surface area contributed by atoms with Crippen molar-refractivity contribution in [3.8, 4) is 0 Å². The van der Waals surface area contributed by atoms with Crippen LogP contribution in [0.3, 0.4) is 0 Å². The number of nitrogens with zero attached hydrogens (tertiary/aromatic N) is 1. The Morgan fingerprint density at radius 1 is 0.953 bits per heavy atom. The molecule has 0 radical (unpaired) electrons. The summed E-state index contributed by atoms with van der Waals surface area (Å²) in [7, 11) is 1.37. The van der Waals surface area contributed by atoms with E-state index in [9.17, 15) is 14.4 Å². The van der Waals surface area contributed by atoms with E-state index in [1.807, 2.05) is 79.7 Å². The largest absolute Gasteiger partial charge is 0.465 e. The number of carbonyl (C=O) groups excluding carboxylic acids is 3. The van der Waals surface area contributed by atoms with E-state index < -0.39 is 11.2 Å². The number of carbonyl (C=O) groups is 3. The summed E-state index contributed by atoms with van der Waals surface area (Å²) in [5, 5.41) is 6.17. The molecule has 1 unspecified atom stereocenters. The Morgan fingerprint density at radius 3 is 2.37 bits per heavy atom. The predicted molar refractivity (Wildman–Crippen MR) is 174 cm³/mol. The van der Waals surface area contributed by atoms with Crippen LogP contribution in [0.2, 0.25) is 0 Å². The zero-order valence-electron chi connectivity index (χ0n) is 24.3. The number of hydrogen-bond donors (Lipinski definition) is 2. The van der Waals surface area contributed by atoms with Crippen molar-refractivity contribution in [1.82, 2.24) is 4.90 Å². The Hall–Kier alpha value is -3.92. The number of fused-ring (bicyclic) bond motifs is 1. The third kappa shape index (κ3) is 7.93. The summed E-state index contributed by atoms with van der Waals surface area (Å²) < 4.78 is 5.13. The number of esters is 1. The molecule has 222 valence electrons. The molecule has 0 saturated carbocycles. The lowest BCUT2D eigenvalue weighted by Crippen LogP contribution is -2.30. The van der Waals surface area contributed by atoms with Crippen LogP contribution in [0.25, 0.3) is 0 Å². The topological polar surface area (TPSA) is 87.7 Å². The van der Waals surface area contributed by atoms with Crippen LogP contribution in [0.1, 0.15) is 45.3 Å². The van der Waals surface area contributed by atoms with Crippen LogP contribution >= 0.6 is 23.1 Å². The van der Waals surface area contributed by atoms with E-state index in [1.54, 1.807) is 0 Å². The van der Waals surface area contributed by atoms with Gasteiger partial charge in [-0.3, -0.25) is 14.5 Å². The van der Waals surface area contributed by atoms with Crippen LogP contribution in [0.15, 0.2) is 89.8 Å². The summed E-state index contributed by atoms with van der Waals surface area (Å²) in [6.45, 7) is 4.32. The molecule has 2 amide bonds. The molecule has 0 saturated heterocycles. The summed E-state index contributed by atoms with van der Waals surface area (Å²) in [4.78, 5) is 43.3. The van der Waals surface area contributed by atoms with E-state index in [0.717, 1.165) is 34.0 Å². The molecule has 4 aromatic rings. The van der Waals surface area contributed by atoms with Crippen LogP contribution in [0, 0.1) is 0 Å². The first kappa shape index (κ1) is 30.5. The maximum atomic E-state index is 13.5. The number of nitrogens with one attached hydrogen (secondary N) is 2. The second-order valence-electron chi connectivity index (χ2n) is 10.4. The lowest BCUT2D eigenvalue weighted by molar-refractivity contribution is -0.116. The minimum Gasteiger partial charge on any atom is -0.465 e. The third-order valence-corrected chi connectivity index (χ3v) is 9.77. The van der Waals surface area contributed by atoms with Gasteiger partial charge in [-0.2, -0.15) is 0 Å². The highest BCUT2D eigenvalue weighted by Gasteiger charge is 2.30. The number of rotatable bonds is 11. The molecule has 1 aliphatic heterocycles. The Labute approximate surface area is 260 Å². The van der Waals surface area contributed by atoms with Crippen molar-refractivity contribution in [2.24, 2.45) is 0 Å². The average Bonchev–Trinajstić information content (AvgIpc) is 3.37. The number of hydrogen-bond acceptors (Lipinski definition) is 7. The van der Waals surface area contributed by atoms with Gasteiger partial charge >= 0.3 is 5.97 Å². The van der Waals surface area contributed by atoms with Gasteiger partial charge < -0.3 is 15.4 Å². The molecule has 1 aliphatic rings. The molecule has 1 aromatic heterocycles. The fourth-order valence-corrected chi connectivity index (χ4v) is 7.45. The van der Waals surface area contributed by atoms with Crippen molar-refractivity contribution in [2.45, 2.75) is 49.4 Å². The standard InChI is InChI=1S/C34H35N3O4S2/c1-3-28(42-26-16-10-15-25(20-26)35-30(38)19-23-11-6-4-7-12-23)32(39)36-33-31(34(40)41-2)27-17-18-37(22-29(27)43-33)21-24-13-8-5-9-14-24/h4-16,20,28H,3,17-19,21-22H2,1-2H3,(H,35,38)(H,36,39). The van der Waals surface area contributed by atoms with Crippen LogP contribution < -0.4 is 10.6 Å². The first-order valence-electron chi connectivity index (χ1n) is 14.3. The zero-order valence-corrected chi connectivity index (χ0v) is 25.9. The second kappa shape index (κ2) is 14.5. The molecule has 7 nitrogen and oxygen atoms in total. The minimum absolute atomic E-state index is 0.0996. The van der Waals surface area contributed by atoms with Gasteiger partial charge in [0.15, 0.2) is 0 Å². The number of ether oxygens (including phenoxy) is 1. The fourth-order valence-electron chi connectivity index (χ4n) is 5.15. The number of benzene rings is 3. The Balaban J connectivity index is 1.26. The van der Waals surface area contributed by atoms with Gasteiger partial charge in [0.2, 0.25) is 11.8 Å². The summed E-state index contributed by atoms with van der Waals surface area (Å²) in [6.07, 6.45) is 1.59. The number of thiophene rings is 1. The smallest absolute Gasteiger partial charge is 0.341 e. The van der Waals surface area contributed by atoms with Crippen molar-refractivity contribution < 1.29 is 19.1 Å². The molecule has 3 aromatic carbocycles. The molecule has 0 spiro atoms. The molecule has 9 heteroatoms. The third-order valence-electron chi connectivity index (χ3n) is 7.28. The van der Waals surface area contributed by atoms with Gasteiger partial charge in [0.05, 0.1) is 24.3 Å². The predicted octanol–water partition coefficient (Wildman–Crippen LogP) is 6.78. The summed E-state index contributed by atoms with van der Waals surface area (Å²) in [6, 6.07) is 27.4. The quantitative estimate of drug-likeness (QED) is 0.143. The molecule has 5 rings (SSSR count). The van der Waals surface area contributed by atoms with Crippen molar-refractivity contribution in [3.63, 3.8) is 0 Å². The summed E-state index contributed by atoms with van der Waals surface area (Å²) in [5.41, 5.74) is 4.31. The van der Waals surface area contributed by atoms with Crippen molar-refractivity contribution in [2.75, 3.05) is 24.3 Å². The molecule has 0 bridgehead atoms. The molecule has 2 N–H and O–H groups in total. The van der Waals surface area contributed by atoms with E-state index in [1.165, 1.54) is 35.8 Å². The highest BCUT2D eigenvalue weighted by atomic mass is 32.2. The molecule has 43 heavy (non-hydrogen) atoms. The molecule has 1 atom stereocenters. The van der Waals surface area contributed by atoms with Gasteiger partial charge in [-0.25, -0.2) is 4.79 Å². The molecule has 2 heterocycles. The van der Waals surface area contributed by atoms with Crippen LogP contribution in [0.5, 0.6) is 0 Å². The second-order valence-corrected chi connectivity index (χ2v) is 12.8. The van der Waals surface area contributed by atoms with Crippen molar-refractivity contribution >= 4 is 51.6 Å². The first-order chi connectivity index (χ1) is 20.9. The van der Waals surface area contributed by atoms with Gasteiger partial charge in [-0.15, -0.1) is 23.1 Å². The van der Waals surface area contributed by atoms with Gasteiger partial charge in [0.25, 0.3) is 0 Å². The molecule has 0 aliphatic carbocycles. The Morgan fingerprint density at radius 2 is 1.67 bits per heavy atom. The zero-order chi connectivity index (χ0) is 30.2. The van der Waals surface area contributed by atoms with Gasteiger partial charge in [-0.1, -0.05) is 73.7 Å². The molecular weight excluding hydrogens is 579 g/mol. The highest BCUT2D eigenvalue weighted by Crippen LogP contribution is 2.39. The number of amides is 2. The van der Waals surface area contributed by atoms with E-state index in [2.05, 4.69) is 27.7 Å². The maximum Gasteiger partial charge on any atom is 0.341 e. The molecular formula is C34H35N3O4S2. The minimum atomic E-state index is -0.427. The van der Waals surface area contributed by atoms with Crippen LogP contribution in [-0.4, -0.2) is 41.6 Å². The van der Waals surface area contributed by atoms with Crippen LogP contribution in [-0.2, 0) is 40.3 Å². The summed E-state index contributed by atoms with van der Waals surface area (Å²) >= 11 is 2.90. The Bertz CT molecular complexity index is 1570. The lowest BCUT2D eigenvalue weighted by atomic mass is 10.0. The molecule has 0 fully saturated rings. The van der Waals surface area contributed by atoms with E-state index in [0.29, 0.717) is 35.6 Å². The Kier molecular flexibility index (Phi) is 10.3. The average molecular weight is 614 g/mol. The van der Waals surface area contributed by atoms with E-state index in [4.69, 9.17) is 4.74 Å². The van der Waals surface area contributed by atoms with Crippen molar-refractivity contribution in [3.05, 3.63) is 112 Å². The number of methoxy groups -OCH3 is 1. The van der Waals surface area contributed by atoms with Gasteiger partial charge in [0.1, 0.15) is 5.00 Å². The maximum absolute atomic E-state index is 13.5. The normalized spacial score (nSPS) is 13.5. The number of thioether (sulfide) groups is 1. The lowest BCUT2D eigenvalue weighted by Gasteiger charge is -2.27. The summed E-state index contributed by atoms with van der Waals surface area (Å²) in [5.74, 6) is -0.697. The van der Waals surface area contributed by atoms with E-state index in [-0.39, 0.29) is 18.2 Å². The van der Waals surface area contributed by atoms with E-state index >= 15 is 0 Å². The monoisotopic (exact) mass is 613 g/mol.